The maximum atomic E-state index is 10.3. The van der Waals surface area contributed by atoms with E-state index in [4.69, 9.17) is 0 Å². The minimum absolute atomic E-state index is 0.284. The summed E-state index contributed by atoms with van der Waals surface area (Å²) in [5.41, 5.74) is 1.09. The fourth-order valence-electron chi connectivity index (χ4n) is 1.95. The third-order valence-electron chi connectivity index (χ3n) is 3.21. The number of aliphatic hydroxyl groups is 1. The predicted octanol–water partition coefficient (Wildman–Crippen LogP) is 3.37. The summed E-state index contributed by atoms with van der Waals surface area (Å²) in [6.45, 7) is 4.52. The summed E-state index contributed by atoms with van der Waals surface area (Å²) >= 11 is 7.31. The molecule has 1 aliphatic rings. The number of halogens is 1. The van der Waals surface area contributed by atoms with Crippen LogP contribution in [0.2, 0.25) is 0 Å². The fraction of sp³-hybridized carbons (Fsp3) is 0.615. The first-order valence-electron chi connectivity index (χ1n) is 6.11. The van der Waals surface area contributed by atoms with E-state index in [2.05, 4.69) is 34.8 Å². The Hall–Kier alpha value is 0.290. The molecule has 1 aromatic heterocycles. The monoisotopic (exact) mass is 347 g/mol. The average molecular weight is 348 g/mol. The Bertz CT molecular complexity index is 404. The zero-order valence-electron chi connectivity index (χ0n) is 10.5. The van der Waals surface area contributed by atoms with Crippen LogP contribution in [0, 0.1) is 0 Å². The van der Waals surface area contributed by atoms with Gasteiger partial charge in [-0.15, -0.1) is 0 Å². The highest BCUT2D eigenvalue weighted by atomic mass is 79.9. The van der Waals surface area contributed by atoms with E-state index in [1.807, 2.05) is 35.8 Å². The number of thioether (sulfide) groups is 2. The second kappa shape index (κ2) is 6.64. The number of pyridine rings is 1. The van der Waals surface area contributed by atoms with Gasteiger partial charge in [0, 0.05) is 44.8 Å². The first-order valence-corrected chi connectivity index (χ1v) is 8.89. The predicted molar refractivity (Wildman–Crippen MR) is 84.4 cm³/mol. The quantitative estimate of drug-likeness (QED) is 0.908. The van der Waals surface area contributed by atoms with Crippen molar-refractivity contribution in [1.82, 2.24) is 4.98 Å². The molecule has 1 N–H and O–H groups in total. The molecule has 100 valence electrons. The van der Waals surface area contributed by atoms with E-state index in [0.29, 0.717) is 22.2 Å². The number of aliphatic hydroxyl groups excluding tert-OH is 1. The van der Waals surface area contributed by atoms with Crippen LogP contribution in [0.25, 0.3) is 0 Å². The van der Waals surface area contributed by atoms with Gasteiger partial charge in [-0.1, -0.05) is 13.8 Å². The van der Waals surface area contributed by atoms with Gasteiger partial charge in [-0.05, 0) is 27.6 Å². The highest BCUT2D eigenvalue weighted by molar-refractivity contribution is 9.10. The smallest absolute Gasteiger partial charge is 0.0707 e. The number of aromatic nitrogens is 1. The van der Waals surface area contributed by atoms with Crippen molar-refractivity contribution in [3.63, 3.8) is 0 Å². The minimum atomic E-state index is -0.284. The van der Waals surface area contributed by atoms with E-state index < -0.39 is 0 Å². The number of hydrogen-bond donors (Lipinski definition) is 1. The van der Waals surface area contributed by atoms with Gasteiger partial charge in [-0.25, -0.2) is 0 Å². The molecule has 4 atom stereocenters. The zero-order valence-corrected chi connectivity index (χ0v) is 13.8. The van der Waals surface area contributed by atoms with Gasteiger partial charge in [0.05, 0.1) is 6.10 Å². The van der Waals surface area contributed by atoms with Gasteiger partial charge in [0.1, 0.15) is 0 Å². The molecule has 1 aromatic rings. The Balaban J connectivity index is 1.94. The van der Waals surface area contributed by atoms with Crippen LogP contribution in [0.4, 0.5) is 0 Å². The van der Waals surface area contributed by atoms with E-state index in [-0.39, 0.29) is 6.10 Å². The zero-order chi connectivity index (χ0) is 13.1. The Kier molecular flexibility index (Phi) is 5.42. The second-order valence-electron chi connectivity index (χ2n) is 4.70. The van der Waals surface area contributed by atoms with Gasteiger partial charge >= 0.3 is 0 Å². The standard InChI is InChI=1S/C13H18BrNOS2/c1-8-9(2)18-13(7-17-8)12(16)4-10-3-11(14)6-15-5-10/h3,5-6,8-9,12-13,16H,4,7H2,1-2H3. The van der Waals surface area contributed by atoms with Crippen molar-refractivity contribution in [3.8, 4) is 0 Å². The fourth-order valence-corrected chi connectivity index (χ4v) is 5.38. The Labute approximate surface area is 125 Å². The van der Waals surface area contributed by atoms with E-state index in [9.17, 15) is 5.11 Å². The SMILES string of the molecule is CC1SCC(C(O)Cc2cncc(Br)c2)SC1C. The lowest BCUT2D eigenvalue weighted by Gasteiger charge is -2.33. The van der Waals surface area contributed by atoms with Crippen LogP contribution in [0.15, 0.2) is 22.9 Å². The number of hydrogen-bond acceptors (Lipinski definition) is 4. The van der Waals surface area contributed by atoms with E-state index in [1.165, 1.54) is 0 Å². The van der Waals surface area contributed by atoms with Crippen molar-refractivity contribution in [2.45, 2.75) is 42.1 Å². The maximum Gasteiger partial charge on any atom is 0.0707 e. The van der Waals surface area contributed by atoms with Gasteiger partial charge < -0.3 is 5.11 Å². The summed E-state index contributed by atoms with van der Waals surface area (Å²) in [5.74, 6) is 1.04. The Morgan fingerprint density at radius 1 is 1.44 bits per heavy atom. The van der Waals surface area contributed by atoms with Crippen LogP contribution in [-0.4, -0.2) is 37.7 Å². The van der Waals surface area contributed by atoms with E-state index in [0.717, 1.165) is 15.8 Å². The van der Waals surface area contributed by atoms with Crippen molar-refractivity contribution in [3.05, 3.63) is 28.5 Å². The molecule has 0 amide bonds. The molecule has 0 radical (unpaired) electrons. The Morgan fingerprint density at radius 2 is 2.22 bits per heavy atom. The van der Waals surface area contributed by atoms with Gasteiger partial charge in [-0.2, -0.15) is 23.5 Å². The summed E-state index contributed by atoms with van der Waals surface area (Å²) in [4.78, 5) is 4.14. The van der Waals surface area contributed by atoms with Crippen molar-refractivity contribution in [2.75, 3.05) is 5.75 Å². The third-order valence-corrected chi connectivity index (χ3v) is 7.18. The maximum absolute atomic E-state index is 10.3. The van der Waals surface area contributed by atoms with Crippen molar-refractivity contribution < 1.29 is 5.11 Å². The van der Waals surface area contributed by atoms with Crippen LogP contribution in [-0.2, 0) is 6.42 Å². The van der Waals surface area contributed by atoms with Crippen LogP contribution in [0.3, 0.4) is 0 Å². The van der Waals surface area contributed by atoms with Gasteiger partial charge in [0.2, 0.25) is 0 Å². The summed E-state index contributed by atoms with van der Waals surface area (Å²) < 4.78 is 0.972. The molecule has 0 aromatic carbocycles. The molecule has 0 saturated carbocycles. The minimum Gasteiger partial charge on any atom is -0.392 e. The molecule has 0 aliphatic carbocycles. The number of nitrogens with zero attached hydrogens (tertiary/aromatic N) is 1. The normalized spacial score (nSPS) is 30.1. The highest BCUT2D eigenvalue weighted by Crippen LogP contribution is 2.37. The first kappa shape index (κ1) is 14.7. The largest absolute Gasteiger partial charge is 0.392 e. The van der Waals surface area contributed by atoms with Gasteiger partial charge in [0.15, 0.2) is 0 Å². The lowest BCUT2D eigenvalue weighted by atomic mass is 10.1. The molecule has 0 bridgehead atoms. The van der Waals surface area contributed by atoms with E-state index in [1.54, 1.807) is 6.20 Å². The molecule has 2 nitrogen and oxygen atoms in total. The molecular weight excluding hydrogens is 330 g/mol. The molecule has 0 spiro atoms. The Morgan fingerprint density at radius 3 is 2.89 bits per heavy atom. The number of rotatable bonds is 3. The lowest BCUT2D eigenvalue weighted by Crippen LogP contribution is -2.35. The van der Waals surface area contributed by atoms with Crippen LogP contribution < -0.4 is 0 Å². The van der Waals surface area contributed by atoms with Gasteiger partial charge in [0.25, 0.3) is 0 Å². The van der Waals surface area contributed by atoms with E-state index >= 15 is 0 Å². The molecule has 1 saturated heterocycles. The summed E-state index contributed by atoms with van der Waals surface area (Å²) in [7, 11) is 0. The van der Waals surface area contributed by atoms with Gasteiger partial charge in [-0.3, -0.25) is 4.98 Å². The lowest BCUT2D eigenvalue weighted by molar-refractivity contribution is 0.177. The molecule has 1 aliphatic heterocycles. The highest BCUT2D eigenvalue weighted by Gasteiger charge is 2.30. The molecule has 5 heteroatoms. The topological polar surface area (TPSA) is 33.1 Å². The summed E-state index contributed by atoms with van der Waals surface area (Å²) in [5, 5.41) is 12.0. The molecular formula is C13H18BrNOS2. The summed E-state index contributed by atoms with van der Waals surface area (Å²) in [6, 6.07) is 2.03. The van der Waals surface area contributed by atoms with Crippen LogP contribution in [0.1, 0.15) is 19.4 Å². The first-order chi connectivity index (χ1) is 8.56. The molecule has 4 unspecified atom stereocenters. The van der Waals surface area contributed by atoms with Crippen LogP contribution >= 0.6 is 39.5 Å². The summed E-state index contributed by atoms with van der Waals surface area (Å²) in [6.07, 6.45) is 4.01. The van der Waals surface area contributed by atoms with Crippen molar-refractivity contribution in [2.24, 2.45) is 0 Å². The average Bonchev–Trinajstić information content (AvgIpc) is 2.32. The molecule has 2 rings (SSSR count). The molecule has 18 heavy (non-hydrogen) atoms. The van der Waals surface area contributed by atoms with Crippen molar-refractivity contribution in [1.29, 1.82) is 0 Å². The third kappa shape index (κ3) is 3.89. The van der Waals surface area contributed by atoms with Crippen LogP contribution in [0.5, 0.6) is 0 Å². The molecule has 2 heterocycles. The van der Waals surface area contributed by atoms with Crippen molar-refractivity contribution >= 4 is 39.5 Å². The second-order valence-corrected chi connectivity index (χ2v) is 8.65. The molecule has 1 fully saturated rings.